The smallest absolute Gasteiger partial charge is 0.293 e. The Kier molecular flexibility index (Phi) is 18.5. The van der Waals surface area contributed by atoms with Gasteiger partial charge in [-0.1, -0.05) is 52.3 Å². The number of Topliss-reactive ketones (excluding diaryl/α,β-unsaturated/α-hetero) is 3. The lowest BCUT2D eigenvalue weighted by atomic mass is 9.65. The van der Waals surface area contributed by atoms with Gasteiger partial charge in [-0.3, -0.25) is 19.2 Å². The lowest BCUT2D eigenvalue weighted by molar-refractivity contribution is -0.176. The molecule has 2 saturated carbocycles. The van der Waals surface area contributed by atoms with Gasteiger partial charge in [-0.05, 0) is 144 Å². The highest BCUT2D eigenvalue weighted by Gasteiger charge is 2.55. The van der Waals surface area contributed by atoms with Crippen molar-refractivity contribution in [2.24, 2.45) is 41.4 Å². The van der Waals surface area contributed by atoms with E-state index in [9.17, 15) is 39.6 Å². The summed E-state index contributed by atoms with van der Waals surface area (Å²) in [5.74, 6) is -4.73. The molecular weight excluding hydrogens is 865 g/mol. The van der Waals surface area contributed by atoms with Crippen molar-refractivity contribution >= 4 is 34.2 Å². The predicted octanol–water partition coefficient (Wildman–Crippen LogP) is 7.57. The SMILES string of the molecule is CCCn1ccc2cc(OC3CCC(C=C(C)C4CC(=O)C5CCCCN5C(=O)C(=O)C5(O)CC(C(OC)CC(C)C(O)/C(C)=C/C(CC)C(=O)CC(O)C4C)C(OC)CC5C)CC3O)ccc21. The normalized spacial score (nSPS) is 37.6. The zero-order chi connectivity index (χ0) is 49.6. The summed E-state index contributed by atoms with van der Waals surface area (Å²) in [5, 5.41) is 48.5. The topological polar surface area (TPSA) is 185 Å². The maximum atomic E-state index is 14.8. The van der Waals surface area contributed by atoms with Crippen LogP contribution in [0.3, 0.4) is 0 Å². The molecular formula is C55H82N2O11. The fraction of sp³-hybridized carbons (Fsp3) is 0.709. The number of amides is 1. The first kappa shape index (κ1) is 53.6. The molecule has 378 valence electrons. The Labute approximate surface area is 404 Å². The molecule has 15 unspecified atom stereocenters. The van der Waals surface area contributed by atoms with Crippen LogP contribution in [0.4, 0.5) is 0 Å². The number of carbonyl (C=O) groups is 4. The van der Waals surface area contributed by atoms with Crippen molar-refractivity contribution in [1.82, 2.24) is 9.47 Å². The van der Waals surface area contributed by atoms with Gasteiger partial charge in [0.05, 0.1) is 36.6 Å². The average molecular weight is 947 g/mol. The van der Waals surface area contributed by atoms with Crippen LogP contribution in [-0.2, 0) is 35.2 Å². The summed E-state index contributed by atoms with van der Waals surface area (Å²) in [4.78, 5) is 59.2. The van der Waals surface area contributed by atoms with Crippen LogP contribution in [0.1, 0.15) is 132 Å². The Morgan fingerprint density at radius 3 is 2.26 bits per heavy atom. The highest BCUT2D eigenvalue weighted by atomic mass is 16.5. The van der Waals surface area contributed by atoms with Crippen LogP contribution >= 0.6 is 0 Å². The van der Waals surface area contributed by atoms with Crippen LogP contribution in [0.25, 0.3) is 10.9 Å². The first-order chi connectivity index (χ1) is 32.3. The Morgan fingerprint density at radius 1 is 0.868 bits per heavy atom. The van der Waals surface area contributed by atoms with Gasteiger partial charge in [0.2, 0.25) is 0 Å². The third-order valence-corrected chi connectivity index (χ3v) is 16.6. The lowest BCUT2D eigenvalue weighted by Gasteiger charge is -2.47. The van der Waals surface area contributed by atoms with Crippen molar-refractivity contribution < 1.29 is 53.8 Å². The van der Waals surface area contributed by atoms with Gasteiger partial charge in [-0.25, -0.2) is 0 Å². The zero-order valence-electron chi connectivity index (χ0n) is 42.3. The van der Waals surface area contributed by atoms with Crippen LogP contribution in [0.15, 0.2) is 53.8 Å². The molecule has 2 bridgehead atoms. The van der Waals surface area contributed by atoms with E-state index in [0.717, 1.165) is 35.9 Å². The van der Waals surface area contributed by atoms with Crippen LogP contribution in [0.2, 0.25) is 0 Å². The maximum absolute atomic E-state index is 14.8. The molecule has 1 amide bonds. The molecule has 2 aromatic rings. The summed E-state index contributed by atoms with van der Waals surface area (Å²) >= 11 is 0. The standard InChI is InChI=1S/C55H82N2O11/c1-10-20-56-22-19-39-28-40(16-17-43(39)56)68-49-18-15-37(27-48(49)61)23-32(3)41-29-47(60)44-14-12-13-21-57(44)54(64)53(63)55(65)31-42(51(67-9)26-35(55)6)50(66-8)25-34(5)52(62)33(4)24-38(11-2)46(59)30-45(58)36(41)7/h16-17,19,22-24,28,34-38,41-42,44-45,48-52,58,61-62,65H,10-15,18,20-21,25-27,29-31H2,1-9H3/b32-23?,33-24+. The first-order valence-corrected chi connectivity index (χ1v) is 25.7. The monoisotopic (exact) mass is 947 g/mol. The first-order valence-electron chi connectivity index (χ1n) is 25.7. The van der Waals surface area contributed by atoms with E-state index in [0.29, 0.717) is 62.7 Å². The second-order valence-corrected chi connectivity index (χ2v) is 21.2. The van der Waals surface area contributed by atoms with E-state index in [4.69, 9.17) is 14.2 Å². The van der Waals surface area contributed by atoms with Crippen molar-refractivity contribution in [2.75, 3.05) is 20.8 Å². The number of piperidine rings is 1. The molecule has 2 aliphatic heterocycles. The van der Waals surface area contributed by atoms with Gasteiger partial charge in [0.15, 0.2) is 5.78 Å². The lowest BCUT2D eigenvalue weighted by Crippen LogP contribution is -2.61. The van der Waals surface area contributed by atoms with Crippen LogP contribution < -0.4 is 4.74 Å². The maximum Gasteiger partial charge on any atom is 0.293 e. The minimum absolute atomic E-state index is 0.0455. The largest absolute Gasteiger partial charge is 0.488 e. The second-order valence-electron chi connectivity index (χ2n) is 21.2. The predicted molar refractivity (Wildman–Crippen MR) is 262 cm³/mol. The molecule has 15 atom stereocenters. The molecule has 6 rings (SSSR count). The van der Waals surface area contributed by atoms with Gasteiger partial charge in [-0.15, -0.1) is 0 Å². The van der Waals surface area contributed by atoms with Crippen LogP contribution in [0, 0.1) is 41.4 Å². The number of carbonyl (C=O) groups excluding carboxylic acids is 4. The number of aliphatic hydroxyl groups excluding tert-OH is 3. The highest BCUT2D eigenvalue weighted by Crippen LogP contribution is 2.44. The molecule has 13 heteroatoms. The molecule has 0 radical (unpaired) electrons. The van der Waals surface area contributed by atoms with E-state index in [1.807, 2.05) is 39.8 Å². The number of ketones is 3. The minimum Gasteiger partial charge on any atom is -0.488 e. The molecule has 68 heavy (non-hydrogen) atoms. The van der Waals surface area contributed by atoms with Crippen molar-refractivity contribution in [3.63, 3.8) is 0 Å². The fourth-order valence-corrected chi connectivity index (χ4v) is 12.2. The molecule has 13 nitrogen and oxygen atoms in total. The second kappa shape index (κ2) is 23.5. The van der Waals surface area contributed by atoms with E-state index in [1.165, 1.54) is 4.90 Å². The number of aliphatic hydroxyl groups is 4. The van der Waals surface area contributed by atoms with Crippen LogP contribution in [-0.4, -0.2) is 122 Å². The number of hydrogen-bond donors (Lipinski definition) is 4. The summed E-state index contributed by atoms with van der Waals surface area (Å²) in [6.45, 7) is 14.4. The molecule has 1 aromatic heterocycles. The quantitative estimate of drug-likeness (QED) is 0.144. The van der Waals surface area contributed by atoms with Crippen molar-refractivity contribution in [1.29, 1.82) is 0 Å². The number of fused-ring (bicyclic) bond motifs is 4. The summed E-state index contributed by atoms with van der Waals surface area (Å²) in [6, 6.07) is 7.20. The number of aromatic nitrogens is 1. The van der Waals surface area contributed by atoms with Gasteiger partial charge in [0.1, 0.15) is 23.2 Å². The summed E-state index contributed by atoms with van der Waals surface area (Å²) in [6.07, 6.45) is 7.05. The number of rotatable bonds is 9. The van der Waals surface area contributed by atoms with Gasteiger partial charge in [0, 0.05) is 69.1 Å². The minimum atomic E-state index is -2.05. The number of methoxy groups -OCH3 is 2. The van der Waals surface area contributed by atoms with Gasteiger partial charge in [-0.2, -0.15) is 0 Å². The van der Waals surface area contributed by atoms with E-state index < -0.39 is 89.5 Å². The van der Waals surface area contributed by atoms with E-state index >= 15 is 0 Å². The van der Waals surface area contributed by atoms with E-state index in [-0.39, 0.29) is 49.2 Å². The van der Waals surface area contributed by atoms with E-state index in [2.05, 4.69) is 35.9 Å². The molecule has 1 saturated heterocycles. The Bertz CT molecular complexity index is 2130. The third kappa shape index (κ3) is 11.9. The summed E-state index contributed by atoms with van der Waals surface area (Å²) in [5.41, 5.74) is 0.550. The molecule has 0 spiro atoms. The number of ether oxygens (including phenoxy) is 3. The molecule has 2 aliphatic carbocycles. The van der Waals surface area contributed by atoms with Crippen molar-refractivity contribution in [2.45, 2.75) is 187 Å². The third-order valence-electron chi connectivity index (χ3n) is 16.6. The van der Waals surface area contributed by atoms with Crippen molar-refractivity contribution in [3.05, 3.63) is 53.8 Å². The zero-order valence-corrected chi connectivity index (χ0v) is 42.3. The van der Waals surface area contributed by atoms with Gasteiger partial charge in [0.25, 0.3) is 11.7 Å². The number of allylic oxidation sites excluding steroid dienone is 3. The molecule has 1 aromatic carbocycles. The fourth-order valence-electron chi connectivity index (χ4n) is 12.2. The van der Waals surface area contributed by atoms with Gasteiger partial charge >= 0.3 is 0 Å². The summed E-state index contributed by atoms with van der Waals surface area (Å²) < 4.78 is 20.6. The van der Waals surface area contributed by atoms with Crippen molar-refractivity contribution in [3.8, 4) is 5.75 Å². The molecule has 3 fully saturated rings. The number of hydrogen-bond acceptors (Lipinski definition) is 11. The molecule has 3 heterocycles. The Balaban J connectivity index is 1.29. The Hall–Kier alpha value is -3.72. The van der Waals surface area contributed by atoms with E-state index in [1.54, 1.807) is 34.1 Å². The van der Waals surface area contributed by atoms with Crippen LogP contribution in [0.5, 0.6) is 5.75 Å². The van der Waals surface area contributed by atoms with Gasteiger partial charge < -0.3 is 44.1 Å². The number of benzene rings is 1. The number of nitrogens with zero attached hydrogens (tertiary/aromatic N) is 2. The average Bonchev–Trinajstić information content (AvgIpc) is 3.73. The molecule has 4 aliphatic rings. The highest BCUT2D eigenvalue weighted by molar-refractivity contribution is 6.39. The summed E-state index contributed by atoms with van der Waals surface area (Å²) in [7, 11) is 3.13. The molecule has 4 N–H and O–H groups in total. The Morgan fingerprint density at radius 2 is 1.59 bits per heavy atom. The number of aryl methyl sites for hydroxylation is 1.